The molecule has 1 heteroatoms. The predicted octanol–water partition coefficient (Wildman–Crippen LogP) is 4.27. The lowest BCUT2D eigenvalue weighted by molar-refractivity contribution is 0.101. The molecule has 0 aliphatic heterocycles. The fourth-order valence-corrected chi connectivity index (χ4v) is 2.55. The van der Waals surface area contributed by atoms with Gasteiger partial charge in [0.2, 0.25) is 0 Å². The van der Waals surface area contributed by atoms with Gasteiger partial charge in [0.15, 0.2) is 0 Å². The van der Waals surface area contributed by atoms with E-state index in [9.17, 15) is 0 Å². The largest absolute Gasteiger partial charge is 0.443 e. The van der Waals surface area contributed by atoms with E-state index < -0.39 is 0 Å². The van der Waals surface area contributed by atoms with E-state index in [0.717, 1.165) is 6.42 Å². The fourth-order valence-electron chi connectivity index (χ4n) is 2.55. The van der Waals surface area contributed by atoms with E-state index in [-0.39, 0.29) is 6.10 Å². The highest BCUT2D eigenvalue weighted by molar-refractivity contribution is 5.21. The molecular weight excluding hydrogens is 220 g/mol. The Labute approximate surface area is 110 Å². The first-order valence-corrected chi connectivity index (χ1v) is 6.71. The van der Waals surface area contributed by atoms with Crippen LogP contribution in [0.15, 0.2) is 43.0 Å². The number of rotatable bonds is 3. The SMILES string of the molecule is C=CCC#CO[C@@H]1CCCC[C@H]1c1ccccc1. The summed E-state index contributed by atoms with van der Waals surface area (Å²) in [6, 6.07) is 10.7. The monoisotopic (exact) mass is 240 g/mol. The Hall–Kier alpha value is -1.68. The summed E-state index contributed by atoms with van der Waals surface area (Å²) in [6.45, 7) is 3.65. The normalized spacial score (nSPS) is 22.7. The van der Waals surface area contributed by atoms with Gasteiger partial charge in [-0.1, -0.05) is 48.7 Å². The molecule has 0 bridgehead atoms. The van der Waals surface area contributed by atoms with Crippen molar-refractivity contribution in [3.63, 3.8) is 0 Å². The molecule has 1 saturated carbocycles. The van der Waals surface area contributed by atoms with E-state index in [4.69, 9.17) is 4.74 Å². The van der Waals surface area contributed by atoms with Crippen molar-refractivity contribution >= 4 is 0 Å². The van der Waals surface area contributed by atoms with Gasteiger partial charge in [-0.05, 0) is 24.8 Å². The molecule has 1 fully saturated rings. The highest BCUT2D eigenvalue weighted by atomic mass is 16.5. The summed E-state index contributed by atoms with van der Waals surface area (Å²) >= 11 is 0. The summed E-state index contributed by atoms with van der Waals surface area (Å²) in [6.07, 6.45) is 10.4. The zero-order valence-corrected chi connectivity index (χ0v) is 10.8. The van der Waals surface area contributed by atoms with E-state index >= 15 is 0 Å². The van der Waals surface area contributed by atoms with Crippen LogP contribution >= 0.6 is 0 Å². The fraction of sp³-hybridized carbons (Fsp3) is 0.412. The van der Waals surface area contributed by atoms with E-state index in [0.29, 0.717) is 12.3 Å². The number of allylic oxidation sites excluding steroid dienone is 1. The maximum Gasteiger partial charge on any atom is 0.117 e. The van der Waals surface area contributed by atoms with Gasteiger partial charge in [-0.2, -0.15) is 0 Å². The van der Waals surface area contributed by atoms with Gasteiger partial charge in [-0.3, -0.25) is 0 Å². The average molecular weight is 240 g/mol. The Kier molecular flexibility index (Phi) is 4.90. The Balaban J connectivity index is 2.03. The molecule has 1 aliphatic rings. The zero-order chi connectivity index (χ0) is 12.6. The summed E-state index contributed by atoms with van der Waals surface area (Å²) < 4.78 is 5.74. The van der Waals surface area contributed by atoms with Crippen molar-refractivity contribution in [2.45, 2.75) is 44.1 Å². The summed E-state index contributed by atoms with van der Waals surface area (Å²) in [7, 11) is 0. The van der Waals surface area contributed by atoms with Crippen molar-refractivity contribution < 1.29 is 4.74 Å². The molecule has 18 heavy (non-hydrogen) atoms. The van der Waals surface area contributed by atoms with Crippen molar-refractivity contribution in [1.82, 2.24) is 0 Å². The van der Waals surface area contributed by atoms with Crippen LogP contribution in [-0.4, -0.2) is 6.10 Å². The molecule has 1 aromatic carbocycles. The Morgan fingerprint density at radius 2 is 2.00 bits per heavy atom. The van der Waals surface area contributed by atoms with Gasteiger partial charge in [0, 0.05) is 12.3 Å². The average Bonchev–Trinajstić information content (AvgIpc) is 2.45. The van der Waals surface area contributed by atoms with E-state index in [2.05, 4.69) is 48.9 Å². The molecular formula is C17H20O. The molecule has 0 amide bonds. The molecule has 0 radical (unpaired) electrons. The summed E-state index contributed by atoms with van der Waals surface area (Å²) in [5.74, 6) is 3.46. The molecule has 0 N–H and O–H groups in total. The van der Waals surface area contributed by atoms with Crippen LogP contribution in [0.2, 0.25) is 0 Å². The molecule has 94 valence electrons. The molecule has 0 aromatic heterocycles. The third-order valence-electron chi connectivity index (χ3n) is 3.46. The van der Waals surface area contributed by atoms with E-state index in [1.54, 1.807) is 6.08 Å². The number of ether oxygens (including phenoxy) is 1. The number of hydrogen-bond acceptors (Lipinski definition) is 1. The minimum atomic E-state index is 0.249. The van der Waals surface area contributed by atoms with Crippen molar-refractivity contribution in [3.05, 3.63) is 48.6 Å². The molecule has 2 atom stereocenters. The number of benzene rings is 1. The Morgan fingerprint density at radius 1 is 1.22 bits per heavy atom. The van der Waals surface area contributed by atoms with Gasteiger partial charge in [-0.15, -0.1) is 6.58 Å². The van der Waals surface area contributed by atoms with Crippen LogP contribution in [0.5, 0.6) is 0 Å². The van der Waals surface area contributed by atoms with Crippen LogP contribution in [0.25, 0.3) is 0 Å². The molecule has 1 nitrogen and oxygen atoms in total. The van der Waals surface area contributed by atoms with E-state index in [1.165, 1.54) is 24.8 Å². The van der Waals surface area contributed by atoms with E-state index in [1.807, 2.05) is 0 Å². The lowest BCUT2D eigenvalue weighted by Gasteiger charge is -2.30. The minimum absolute atomic E-state index is 0.249. The first kappa shape index (κ1) is 12.8. The predicted molar refractivity (Wildman–Crippen MR) is 75.1 cm³/mol. The van der Waals surface area contributed by atoms with Crippen LogP contribution in [0.4, 0.5) is 0 Å². The summed E-state index contributed by atoms with van der Waals surface area (Å²) in [5.41, 5.74) is 1.38. The van der Waals surface area contributed by atoms with Gasteiger partial charge in [0.05, 0.1) is 0 Å². The molecule has 0 heterocycles. The van der Waals surface area contributed by atoms with Crippen LogP contribution in [-0.2, 0) is 4.74 Å². The van der Waals surface area contributed by atoms with Gasteiger partial charge in [-0.25, -0.2) is 0 Å². The minimum Gasteiger partial charge on any atom is -0.443 e. The molecule has 0 saturated heterocycles. The zero-order valence-electron chi connectivity index (χ0n) is 10.8. The third kappa shape index (κ3) is 3.40. The van der Waals surface area contributed by atoms with Crippen LogP contribution in [0.1, 0.15) is 43.6 Å². The van der Waals surface area contributed by atoms with Crippen LogP contribution in [0, 0.1) is 12.0 Å². The number of hydrogen-bond donors (Lipinski definition) is 0. The van der Waals surface area contributed by atoms with Crippen LogP contribution in [0.3, 0.4) is 0 Å². The first-order chi connectivity index (χ1) is 8.92. The molecule has 0 spiro atoms. The third-order valence-corrected chi connectivity index (χ3v) is 3.46. The van der Waals surface area contributed by atoms with Gasteiger partial charge >= 0.3 is 0 Å². The second kappa shape index (κ2) is 6.91. The smallest absolute Gasteiger partial charge is 0.117 e. The Bertz CT molecular complexity index is 424. The second-order valence-corrected chi connectivity index (χ2v) is 4.73. The first-order valence-electron chi connectivity index (χ1n) is 6.71. The topological polar surface area (TPSA) is 9.23 Å². The highest BCUT2D eigenvalue weighted by Crippen LogP contribution is 2.34. The summed E-state index contributed by atoms with van der Waals surface area (Å²) in [4.78, 5) is 0. The Morgan fingerprint density at radius 3 is 2.78 bits per heavy atom. The van der Waals surface area contributed by atoms with Gasteiger partial charge in [0.25, 0.3) is 0 Å². The van der Waals surface area contributed by atoms with Crippen LogP contribution < -0.4 is 0 Å². The maximum atomic E-state index is 5.74. The maximum absolute atomic E-state index is 5.74. The van der Waals surface area contributed by atoms with Crippen molar-refractivity contribution in [1.29, 1.82) is 0 Å². The highest BCUT2D eigenvalue weighted by Gasteiger charge is 2.27. The van der Waals surface area contributed by atoms with Crippen molar-refractivity contribution in [2.24, 2.45) is 0 Å². The van der Waals surface area contributed by atoms with Crippen molar-refractivity contribution in [2.75, 3.05) is 0 Å². The summed E-state index contributed by atoms with van der Waals surface area (Å²) in [5, 5.41) is 0. The second-order valence-electron chi connectivity index (χ2n) is 4.73. The quantitative estimate of drug-likeness (QED) is 0.566. The standard InChI is InChI=1S/C17H20O/c1-2-3-9-14-18-17-13-8-7-12-16(17)15-10-5-4-6-11-15/h2,4-6,10-11,16-17H,1,3,7-8,12-13H2/t16-,17+/m0/s1. The van der Waals surface area contributed by atoms with Gasteiger partial charge < -0.3 is 4.74 Å². The van der Waals surface area contributed by atoms with Gasteiger partial charge in [0.1, 0.15) is 12.2 Å². The lowest BCUT2D eigenvalue weighted by Crippen LogP contribution is -2.24. The molecule has 1 aromatic rings. The van der Waals surface area contributed by atoms with Crippen molar-refractivity contribution in [3.8, 4) is 12.0 Å². The molecule has 2 rings (SSSR count). The lowest BCUT2D eigenvalue weighted by atomic mass is 9.81. The molecule has 1 aliphatic carbocycles. The molecule has 0 unspecified atom stereocenters.